The van der Waals surface area contributed by atoms with Gasteiger partial charge in [0.05, 0.1) is 4.75 Å². The number of hydrogen-bond donors (Lipinski definition) is 2. The second kappa shape index (κ2) is 5.41. The SMILES string of the molecule is CC(C)(CNS(=O)(=O)N1CCNCC1)S(C)(=O)=O. The van der Waals surface area contributed by atoms with Gasteiger partial charge in [0.25, 0.3) is 10.2 Å². The molecule has 0 unspecified atom stereocenters. The van der Waals surface area contributed by atoms with Crippen molar-refractivity contribution >= 4 is 20.0 Å². The number of hydrogen-bond acceptors (Lipinski definition) is 5. The molecule has 1 fully saturated rings. The molecule has 0 radical (unpaired) electrons. The van der Waals surface area contributed by atoms with Gasteiger partial charge in [-0.2, -0.15) is 12.7 Å². The number of nitrogens with zero attached hydrogens (tertiary/aromatic N) is 1. The van der Waals surface area contributed by atoms with Crippen LogP contribution < -0.4 is 10.0 Å². The number of rotatable bonds is 5. The van der Waals surface area contributed by atoms with E-state index < -0.39 is 24.8 Å². The van der Waals surface area contributed by atoms with Gasteiger partial charge in [-0.15, -0.1) is 0 Å². The van der Waals surface area contributed by atoms with E-state index in [9.17, 15) is 16.8 Å². The predicted molar refractivity (Wildman–Crippen MR) is 70.3 cm³/mol. The van der Waals surface area contributed by atoms with Gasteiger partial charge in [-0.1, -0.05) is 0 Å². The minimum Gasteiger partial charge on any atom is -0.314 e. The van der Waals surface area contributed by atoms with Crippen LogP contribution in [0.2, 0.25) is 0 Å². The van der Waals surface area contributed by atoms with Crippen LogP contribution in [0.1, 0.15) is 13.8 Å². The van der Waals surface area contributed by atoms with Crippen LogP contribution >= 0.6 is 0 Å². The Morgan fingerprint density at radius 1 is 1.17 bits per heavy atom. The molecule has 0 amide bonds. The summed E-state index contributed by atoms with van der Waals surface area (Å²) < 4.78 is 49.4. The summed E-state index contributed by atoms with van der Waals surface area (Å²) in [5, 5.41) is 3.05. The first-order valence-electron chi connectivity index (χ1n) is 5.71. The molecule has 0 aromatic carbocycles. The Balaban J connectivity index is 2.67. The smallest absolute Gasteiger partial charge is 0.279 e. The van der Waals surface area contributed by atoms with Crippen molar-refractivity contribution in [1.82, 2.24) is 14.3 Å². The van der Waals surface area contributed by atoms with Gasteiger partial charge < -0.3 is 5.32 Å². The summed E-state index contributed by atoms with van der Waals surface area (Å²) in [5.41, 5.74) is 0. The molecule has 18 heavy (non-hydrogen) atoms. The van der Waals surface area contributed by atoms with E-state index in [4.69, 9.17) is 0 Å². The number of piperazine rings is 1. The highest BCUT2D eigenvalue weighted by atomic mass is 32.2. The summed E-state index contributed by atoms with van der Waals surface area (Å²) >= 11 is 0. The summed E-state index contributed by atoms with van der Waals surface area (Å²) in [7, 11) is -6.91. The average Bonchev–Trinajstić information content (AvgIpc) is 2.26. The molecule has 0 aromatic rings. The molecule has 1 aliphatic rings. The van der Waals surface area contributed by atoms with Crippen LogP contribution in [0.25, 0.3) is 0 Å². The Morgan fingerprint density at radius 2 is 1.67 bits per heavy atom. The van der Waals surface area contributed by atoms with Gasteiger partial charge in [0.1, 0.15) is 0 Å². The van der Waals surface area contributed by atoms with E-state index in [2.05, 4.69) is 10.0 Å². The maximum atomic E-state index is 12.0. The largest absolute Gasteiger partial charge is 0.314 e. The van der Waals surface area contributed by atoms with E-state index in [1.54, 1.807) is 0 Å². The fourth-order valence-electron chi connectivity index (χ4n) is 1.37. The van der Waals surface area contributed by atoms with Crippen LogP contribution in [0, 0.1) is 0 Å². The monoisotopic (exact) mass is 299 g/mol. The van der Waals surface area contributed by atoms with Gasteiger partial charge in [-0.3, -0.25) is 0 Å². The van der Waals surface area contributed by atoms with Crippen molar-refractivity contribution in [3.8, 4) is 0 Å². The van der Waals surface area contributed by atoms with Crippen LogP contribution in [-0.2, 0) is 20.0 Å². The molecule has 108 valence electrons. The third kappa shape index (κ3) is 3.89. The topological polar surface area (TPSA) is 95.6 Å². The van der Waals surface area contributed by atoms with Crippen molar-refractivity contribution in [1.29, 1.82) is 0 Å². The standard InChI is InChI=1S/C9H21N3O4S2/c1-9(2,17(3,13)14)8-11-18(15,16)12-6-4-10-5-7-12/h10-11H,4-8H2,1-3H3. The molecular formula is C9H21N3O4S2. The number of sulfone groups is 1. The fraction of sp³-hybridized carbons (Fsp3) is 1.00. The van der Waals surface area contributed by atoms with Gasteiger partial charge in [0, 0.05) is 39.0 Å². The summed E-state index contributed by atoms with van der Waals surface area (Å²) in [6.07, 6.45) is 1.10. The summed E-state index contributed by atoms with van der Waals surface area (Å²) in [6, 6.07) is 0. The molecule has 1 heterocycles. The van der Waals surface area contributed by atoms with Crippen molar-refractivity contribution < 1.29 is 16.8 Å². The molecule has 2 N–H and O–H groups in total. The van der Waals surface area contributed by atoms with Crippen LogP contribution in [0.15, 0.2) is 0 Å². The van der Waals surface area contributed by atoms with Crippen LogP contribution in [0.5, 0.6) is 0 Å². The highest BCUT2D eigenvalue weighted by molar-refractivity contribution is 7.92. The second-order valence-corrected chi connectivity index (χ2v) is 9.41. The Labute approximate surface area is 109 Å². The molecule has 1 rings (SSSR count). The molecule has 0 aromatic heterocycles. The maximum Gasteiger partial charge on any atom is 0.279 e. The summed E-state index contributed by atoms with van der Waals surface area (Å²) in [6.45, 7) is 4.89. The maximum absolute atomic E-state index is 12.0. The molecule has 0 bridgehead atoms. The first-order valence-corrected chi connectivity index (χ1v) is 9.04. The first-order chi connectivity index (χ1) is 8.06. The minimum absolute atomic E-state index is 0.127. The highest BCUT2D eigenvalue weighted by Crippen LogP contribution is 2.14. The number of nitrogens with one attached hydrogen (secondary N) is 2. The molecule has 0 spiro atoms. The van der Waals surface area contributed by atoms with Gasteiger partial charge in [-0.25, -0.2) is 13.1 Å². The summed E-state index contributed by atoms with van der Waals surface area (Å²) in [4.78, 5) is 0. The van der Waals surface area contributed by atoms with Crippen LogP contribution in [-0.4, -0.2) is 64.9 Å². The zero-order valence-electron chi connectivity index (χ0n) is 10.9. The Bertz CT molecular complexity index is 478. The first kappa shape index (κ1) is 15.8. The lowest BCUT2D eigenvalue weighted by Crippen LogP contribution is -2.53. The highest BCUT2D eigenvalue weighted by Gasteiger charge is 2.33. The van der Waals surface area contributed by atoms with Crippen LogP contribution in [0.3, 0.4) is 0 Å². The van der Waals surface area contributed by atoms with Gasteiger partial charge in [-0.05, 0) is 13.8 Å². The summed E-state index contributed by atoms with van der Waals surface area (Å²) in [5.74, 6) is 0. The van der Waals surface area contributed by atoms with Crippen molar-refractivity contribution in [3.05, 3.63) is 0 Å². The van der Waals surface area contributed by atoms with Crippen molar-refractivity contribution in [2.24, 2.45) is 0 Å². The van der Waals surface area contributed by atoms with E-state index in [1.807, 2.05) is 0 Å². The zero-order valence-corrected chi connectivity index (χ0v) is 12.6. The van der Waals surface area contributed by atoms with E-state index in [-0.39, 0.29) is 6.54 Å². The second-order valence-electron chi connectivity index (χ2n) is 5.01. The third-order valence-electron chi connectivity index (χ3n) is 3.10. The van der Waals surface area contributed by atoms with E-state index >= 15 is 0 Å². The molecule has 0 atom stereocenters. The fourth-order valence-corrected chi connectivity index (χ4v) is 3.19. The average molecular weight is 299 g/mol. The molecule has 9 heteroatoms. The molecular weight excluding hydrogens is 278 g/mol. The molecule has 7 nitrogen and oxygen atoms in total. The van der Waals surface area contributed by atoms with E-state index in [0.717, 1.165) is 6.26 Å². The predicted octanol–water partition coefficient (Wildman–Crippen LogP) is -1.45. The quantitative estimate of drug-likeness (QED) is 0.647. The van der Waals surface area contributed by atoms with Gasteiger partial charge in [0.15, 0.2) is 9.84 Å². The lowest BCUT2D eigenvalue weighted by Gasteiger charge is -2.29. The zero-order chi connectivity index (χ0) is 14.0. The van der Waals surface area contributed by atoms with Crippen molar-refractivity contribution in [3.63, 3.8) is 0 Å². The molecule has 1 saturated heterocycles. The minimum atomic E-state index is -3.60. The van der Waals surface area contributed by atoms with E-state index in [0.29, 0.717) is 26.2 Å². The lowest BCUT2D eigenvalue weighted by atomic mass is 10.2. The van der Waals surface area contributed by atoms with Crippen molar-refractivity contribution in [2.75, 3.05) is 39.0 Å². The molecule has 0 aliphatic carbocycles. The lowest BCUT2D eigenvalue weighted by molar-refractivity contribution is 0.353. The van der Waals surface area contributed by atoms with Gasteiger partial charge >= 0.3 is 0 Å². The molecule has 1 aliphatic heterocycles. The van der Waals surface area contributed by atoms with E-state index in [1.165, 1.54) is 18.2 Å². The Morgan fingerprint density at radius 3 is 2.11 bits per heavy atom. The molecule has 0 saturated carbocycles. The van der Waals surface area contributed by atoms with Crippen molar-refractivity contribution in [2.45, 2.75) is 18.6 Å². The normalized spacial score (nSPS) is 19.9. The van der Waals surface area contributed by atoms with Crippen LogP contribution in [0.4, 0.5) is 0 Å². The third-order valence-corrected chi connectivity index (χ3v) is 6.81. The van der Waals surface area contributed by atoms with Gasteiger partial charge in [0.2, 0.25) is 0 Å². The Kier molecular flexibility index (Phi) is 4.76. The Hall–Kier alpha value is -0.220.